The molecule has 27 heavy (non-hydrogen) atoms. The van der Waals surface area contributed by atoms with Gasteiger partial charge in [-0.25, -0.2) is 17.9 Å². The van der Waals surface area contributed by atoms with Gasteiger partial charge >= 0.3 is 5.97 Å². The molecule has 1 aliphatic heterocycles. The summed E-state index contributed by atoms with van der Waals surface area (Å²) in [5, 5.41) is 0.112. The van der Waals surface area contributed by atoms with Crippen molar-refractivity contribution in [3.8, 4) is 11.5 Å². The molecule has 0 unspecified atom stereocenters. The summed E-state index contributed by atoms with van der Waals surface area (Å²) in [5.41, 5.74) is 0.694. The van der Waals surface area contributed by atoms with Gasteiger partial charge in [0.1, 0.15) is 13.2 Å². The average molecular weight is 412 g/mol. The molecule has 1 aliphatic rings. The van der Waals surface area contributed by atoms with E-state index in [9.17, 15) is 13.2 Å². The number of esters is 1. The molecule has 9 heteroatoms. The molecule has 1 atom stereocenters. The SMILES string of the molecule is COC(=O)c1cc(S(=O)(=O)N[C@H](C)c2ccc3c(c2)OCCO3)ccc1Cl. The van der Waals surface area contributed by atoms with E-state index in [1.54, 1.807) is 25.1 Å². The lowest BCUT2D eigenvalue weighted by Gasteiger charge is -2.21. The lowest BCUT2D eigenvalue weighted by atomic mass is 10.1. The molecule has 7 nitrogen and oxygen atoms in total. The third-order valence-electron chi connectivity index (χ3n) is 4.05. The van der Waals surface area contributed by atoms with Gasteiger partial charge in [-0.3, -0.25) is 0 Å². The van der Waals surface area contributed by atoms with Crippen molar-refractivity contribution in [2.24, 2.45) is 0 Å². The zero-order valence-corrected chi connectivity index (χ0v) is 16.3. The Balaban J connectivity index is 1.85. The Labute approximate surface area is 162 Å². The maximum atomic E-state index is 12.7. The van der Waals surface area contributed by atoms with Gasteiger partial charge in [0.15, 0.2) is 11.5 Å². The molecule has 0 bridgehead atoms. The molecule has 0 aliphatic carbocycles. The van der Waals surface area contributed by atoms with Crippen molar-refractivity contribution in [2.75, 3.05) is 20.3 Å². The molecular formula is C18H18ClNO6S. The number of sulfonamides is 1. The van der Waals surface area contributed by atoms with Gasteiger partial charge in [0.2, 0.25) is 10.0 Å². The van der Waals surface area contributed by atoms with Gasteiger partial charge < -0.3 is 14.2 Å². The number of hydrogen-bond acceptors (Lipinski definition) is 6. The Bertz CT molecular complexity index is 976. The van der Waals surface area contributed by atoms with Crippen molar-refractivity contribution in [1.29, 1.82) is 0 Å². The van der Waals surface area contributed by atoms with Crippen LogP contribution in [0, 0.1) is 0 Å². The summed E-state index contributed by atoms with van der Waals surface area (Å²) in [4.78, 5) is 11.7. The number of carbonyl (C=O) groups is 1. The Kier molecular flexibility index (Phi) is 5.59. The zero-order chi connectivity index (χ0) is 19.6. The van der Waals surface area contributed by atoms with E-state index in [4.69, 9.17) is 21.1 Å². The van der Waals surface area contributed by atoms with Gasteiger partial charge in [0, 0.05) is 6.04 Å². The van der Waals surface area contributed by atoms with Crippen LogP contribution in [-0.2, 0) is 14.8 Å². The highest BCUT2D eigenvalue weighted by atomic mass is 35.5. The normalized spacial score (nSPS) is 14.5. The minimum absolute atomic E-state index is 0.0194. The molecule has 0 aromatic heterocycles. The molecule has 0 saturated heterocycles. The number of carbonyl (C=O) groups excluding carboxylic acids is 1. The molecule has 1 heterocycles. The summed E-state index contributed by atoms with van der Waals surface area (Å²) in [6, 6.07) is 8.57. The molecule has 0 amide bonds. The topological polar surface area (TPSA) is 90.9 Å². The third kappa shape index (κ3) is 4.18. The first-order valence-corrected chi connectivity index (χ1v) is 9.97. The number of benzene rings is 2. The molecule has 1 N–H and O–H groups in total. The zero-order valence-electron chi connectivity index (χ0n) is 14.7. The summed E-state index contributed by atoms with van der Waals surface area (Å²) in [7, 11) is -2.70. The van der Waals surface area contributed by atoms with Gasteiger partial charge in [-0.1, -0.05) is 17.7 Å². The predicted octanol–water partition coefficient (Wildman–Crippen LogP) is 2.94. The number of methoxy groups -OCH3 is 1. The van der Waals surface area contributed by atoms with Crippen LogP contribution < -0.4 is 14.2 Å². The highest BCUT2D eigenvalue weighted by molar-refractivity contribution is 7.89. The first kappa shape index (κ1) is 19.5. The van der Waals surface area contributed by atoms with Crippen molar-refractivity contribution >= 4 is 27.6 Å². The van der Waals surface area contributed by atoms with E-state index in [0.717, 1.165) is 0 Å². The van der Waals surface area contributed by atoms with E-state index in [1.165, 1.54) is 25.3 Å². The largest absolute Gasteiger partial charge is 0.486 e. The fourth-order valence-corrected chi connectivity index (χ4v) is 4.09. The summed E-state index contributed by atoms with van der Waals surface area (Å²) in [5.74, 6) is 0.488. The molecular weight excluding hydrogens is 394 g/mol. The summed E-state index contributed by atoms with van der Waals surface area (Å²) >= 11 is 5.95. The molecule has 2 aromatic rings. The fraction of sp³-hybridized carbons (Fsp3) is 0.278. The van der Waals surface area contributed by atoms with E-state index in [1.807, 2.05) is 0 Å². The number of fused-ring (bicyclic) bond motifs is 1. The first-order chi connectivity index (χ1) is 12.8. The number of nitrogens with one attached hydrogen (secondary N) is 1. The Hall–Kier alpha value is -2.29. The highest BCUT2D eigenvalue weighted by Crippen LogP contribution is 2.33. The van der Waals surface area contributed by atoms with Crippen molar-refractivity contribution in [3.63, 3.8) is 0 Å². The summed E-state index contributed by atoms with van der Waals surface area (Å²) in [6.45, 7) is 2.63. The van der Waals surface area contributed by atoms with Crippen molar-refractivity contribution in [1.82, 2.24) is 4.72 Å². The van der Waals surface area contributed by atoms with Gasteiger partial charge in [0.05, 0.1) is 22.6 Å². The van der Waals surface area contributed by atoms with E-state index < -0.39 is 22.0 Å². The maximum Gasteiger partial charge on any atom is 0.339 e. The van der Waals surface area contributed by atoms with Crippen LogP contribution >= 0.6 is 11.6 Å². The lowest BCUT2D eigenvalue weighted by Crippen LogP contribution is -2.27. The van der Waals surface area contributed by atoms with Crippen LogP contribution in [0.5, 0.6) is 11.5 Å². The van der Waals surface area contributed by atoms with Crippen molar-refractivity contribution in [3.05, 3.63) is 52.5 Å². The standard InChI is InChI=1S/C18H18ClNO6S/c1-11(12-3-6-16-17(9-12)26-8-7-25-16)20-27(22,23)13-4-5-15(19)14(10-13)18(21)24-2/h3-6,9-11,20H,7-8H2,1-2H3/t11-/m1/s1. The number of hydrogen-bond donors (Lipinski definition) is 1. The Morgan fingerprint density at radius 2 is 1.85 bits per heavy atom. The summed E-state index contributed by atoms with van der Waals surface area (Å²) in [6.07, 6.45) is 0. The van der Waals surface area contributed by atoms with Gasteiger partial charge in [0.25, 0.3) is 0 Å². The number of halogens is 1. The van der Waals surface area contributed by atoms with Gasteiger partial charge in [-0.15, -0.1) is 0 Å². The van der Waals surface area contributed by atoms with Crippen LogP contribution in [0.3, 0.4) is 0 Å². The third-order valence-corrected chi connectivity index (χ3v) is 5.92. The van der Waals surface area contributed by atoms with Crippen molar-refractivity contribution < 1.29 is 27.4 Å². The van der Waals surface area contributed by atoms with E-state index in [0.29, 0.717) is 30.3 Å². The minimum atomic E-state index is -3.90. The second-order valence-electron chi connectivity index (χ2n) is 5.88. The molecule has 3 rings (SSSR count). The monoisotopic (exact) mass is 411 g/mol. The van der Waals surface area contributed by atoms with Crippen LogP contribution in [0.25, 0.3) is 0 Å². The second kappa shape index (κ2) is 7.75. The molecule has 0 saturated carbocycles. The Morgan fingerprint density at radius 3 is 2.56 bits per heavy atom. The van der Waals surface area contributed by atoms with Gasteiger partial charge in [-0.2, -0.15) is 0 Å². The van der Waals surface area contributed by atoms with Crippen LogP contribution in [0.15, 0.2) is 41.3 Å². The number of ether oxygens (including phenoxy) is 3. The summed E-state index contributed by atoms with van der Waals surface area (Å²) < 4.78 is 43.6. The van der Waals surface area contributed by atoms with Crippen LogP contribution in [0.2, 0.25) is 5.02 Å². The van der Waals surface area contributed by atoms with E-state index in [-0.39, 0.29) is 15.5 Å². The molecule has 0 fully saturated rings. The Morgan fingerprint density at radius 1 is 1.15 bits per heavy atom. The molecule has 0 spiro atoms. The molecule has 144 valence electrons. The van der Waals surface area contributed by atoms with Gasteiger partial charge in [-0.05, 0) is 42.8 Å². The quantitative estimate of drug-likeness (QED) is 0.760. The predicted molar refractivity (Wildman–Crippen MR) is 99.0 cm³/mol. The van der Waals surface area contributed by atoms with Crippen LogP contribution in [0.1, 0.15) is 28.9 Å². The lowest BCUT2D eigenvalue weighted by molar-refractivity contribution is 0.0600. The fourth-order valence-electron chi connectivity index (χ4n) is 2.64. The first-order valence-electron chi connectivity index (χ1n) is 8.11. The van der Waals surface area contributed by atoms with Crippen LogP contribution in [0.4, 0.5) is 0 Å². The highest BCUT2D eigenvalue weighted by Gasteiger charge is 2.23. The van der Waals surface area contributed by atoms with Crippen LogP contribution in [-0.4, -0.2) is 34.7 Å². The molecule has 2 aromatic carbocycles. The second-order valence-corrected chi connectivity index (χ2v) is 8.00. The molecule has 0 radical (unpaired) electrons. The van der Waals surface area contributed by atoms with E-state index in [2.05, 4.69) is 9.46 Å². The minimum Gasteiger partial charge on any atom is -0.486 e. The number of rotatable bonds is 5. The maximum absolute atomic E-state index is 12.7. The smallest absolute Gasteiger partial charge is 0.339 e. The average Bonchev–Trinajstić information content (AvgIpc) is 2.66. The van der Waals surface area contributed by atoms with E-state index >= 15 is 0 Å². The van der Waals surface area contributed by atoms with Crippen molar-refractivity contribution in [2.45, 2.75) is 17.9 Å².